The van der Waals surface area contributed by atoms with Gasteiger partial charge in [-0.3, -0.25) is 0 Å². The van der Waals surface area contributed by atoms with Gasteiger partial charge in [0.25, 0.3) is 0 Å². The molecule has 1 aromatic heterocycles. The molecule has 11 heavy (non-hydrogen) atoms. The third-order valence-corrected chi connectivity index (χ3v) is 1.82. The van der Waals surface area contributed by atoms with E-state index in [4.69, 9.17) is 11.6 Å². The Morgan fingerprint density at radius 1 is 1.27 bits per heavy atom. The van der Waals surface area contributed by atoms with Crippen molar-refractivity contribution < 1.29 is 0 Å². The van der Waals surface area contributed by atoms with E-state index in [1.54, 1.807) is 4.57 Å². The Balaban J connectivity index is 3.15. The molecule has 3 nitrogen and oxygen atoms in total. The van der Waals surface area contributed by atoms with Crippen LogP contribution in [0.1, 0.15) is 26.6 Å². The van der Waals surface area contributed by atoms with Crippen LogP contribution in [0, 0.1) is 0 Å². The molecule has 0 saturated heterocycles. The molecule has 1 heterocycles. The molecule has 4 heteroatoms. The minimum absolute atomic E-state index is 0.00882. The summed E-state index contributed by atoms with van der Waals surface area (Å²) in [4.78, 5) is 0. The van der Waals surface area contributed by atoms with Crippen LogP contribution in [-0.4, -0.2) is 14.8 Å². The van der Waals surface area contributed by atoms with Gasteiger partial charge in [0, 0.05) is 12.5 Å². The second-order valence-corrected chi connectivity index (χ2v) is 3.94. The molecule has 0 unspecified atom stereocenters. The highest BCUT2D eigenvalue weighted by Crippen LogP contribution is 2.20. The molecule has 0 bridgehead atoms. The van der Waals surface area contributed by atoms with Gasteiger partial charge in [-0.25, -0.2) is 0 Å². The largest absolute Gasteiger partial charge is 0.304 e. The van der Waals surface area contributed by atoms with E-state index in [0.717, 1.165) is 5.82 Å². The van der Waals surface area contributed by atoms with Gasteiger partial charge in [0.2, 0.25) is 5.28 Å². The van der Waals surface area contributed by atoms with E-state index in [2.05, 4.69) is 31.0 Å². The standard InChI is InChI=1S/C7H12ClN3/c1-7(2,3)5-9-10-6(8)11(5)4/h1-4H3. The zero-order valence-corrected chi connectivity index (χ0v) is 7.98. The Labute approximate surface area is 71.4 Å². The molecular formula is C7H12ClN3. The third kappa shape index (κ3) is 1.53. The molecule has 62 valence electrons. The summed E-state index contributed by atoms with van der Waals surface area (Å²) >= 11 is 5.72. The maximum absolute atomic E-state index is 5.72. The van der Waals surface area contributed by atoms with E-state index in [1.807, 2.05) is 7.05 Å². The summed E-state index contributed by atoms with van der Waals surface area (Å²) in [6, 6.07) is 0. The lowest BCUT2D eigenvalue weighted by Gasteiger charge is -2.16. The number of halogens is 1. The van der Waals surface area contributed by atoms with Crippen LogP contribution in [0.15, 0.2) is 0 Å². The number of nitrogens with zero attached hydrogens (tertiary/aromatic N) is 3. The Kier molecular flexibility index (Phi) is 1.92. The number of hydrogen-bond acceptors (Lipinski definition) is 2. The molecule has 0 spiro atoms. The highest BCUT2D eigenvalue weighted by molar-refractivity contribution is 6.28. The highest BCUT2D eigenvalue weighted by atomic mass is 35.5. The Morgan fingerprint density at radius 2 is 1.82 bits per heavy atom. The molecule has 0 aliphatic heterocycles. The average Bonchev–Trinajstić information content (AvgIpc) is 2.11. The molecule has 0 aromatic carbocycles. The maximum Gasteiger partial charge on any atom is 0.224 e. The van der Waals surface area contributed by atoms with Crippen LogP contribution in [0.25, 0.3) is 0 Å². The van der Waals surface area contributed by atoms with Gasteiger partial charge in [0.1, 0.15) is 5.82 Å². The van der Waals surface area contributed by atoms with Crippen molar-refractivity contribution in [1.29, 1.82) is 0 Å². The van der Waals surface area contributed by atoms with Crippen molar-refractivity contribution in [3.63, 3.8) is 0 Å². The summed E-state index contributed by atoms with van der Waals surface area (Å²) in [5.74, 6) is 0.905. The van der Waals surface area contributed by atoms with Gasteiger partial charge in [-0.1, -0.05) is 20.8 Å². The molecule has 0 amide bonds. The summed E-state index contributed by atoms with van der Waals surface area (Å²) in [6.07, 6.45) is 0. The van der Waals surface area contributed by atoms with Gasteiger partial charge in [-0.15, -0.1) is 10.2 Å². The summed E-state index contributed by atoms with van der Waals surface area (Å²) in [7, 11) is 1.86. The summed E-state index contributed by atoms with van der Waals surface area (Å²) in [6.45, 7) is 6.23. The topological polar surface area (TPSA) is 30.7 Å². The fourth-order valence-electron chi connectivity index (χ4n) is 0.963. The molecular weight excluding hydrogens is 162 g/mol. The number of hydrogen-bond donors (Lipinski definition) is 0. The fraction of sp³-hybridized carbons (Fsp3) is 0.714. The predicted molar refractivity (Wildman–Crippen MR) is 44.7 cm³/mol. The zero-order chi connectivity index (χ0) is 8.65. The van der Waals surface area contributed by atoms with Crippen molar-refractivity contribution in [2.24, 2.45) is 7.05 Å². The normalized spacial score (nSPS) is 12.1. The van der Waals surface area contributed by atoms with E-state index in [9.17, 15) is 0 Å². The maximum atomic E-state index is 5.72. The Morgan fingerprint density at radius 3 is 2.00 bits per heavy atom. The van der Waals surface area contributed by atoms with Crippen molar-refractivity contribution in [1.82, 2.24) is 14.8 Å². The quantitative estimate of drug-likeness (QED) is 0.599. The first-order valence-electron chi connectivity index (χ1n) is 3.48. The lowest BCUT2D eigenvalue weighted by atomic mass is 9.96. The second-order valence-electron chi connectivity index (χ2n) is 3.60. The van der Waals surface area contributed by atoms with Crippen molar-refractivity contribution >= 4 is 11.6 Å². The molecule has 0 aliphatic rings. The first-order valence-corrected chi connectivity index (χ1v) is 3.86. The van der Waals surface area contributed by atoms with Crippen molar-refractivity contribution in [2.75, 3.05) is 0 Å². The van der Waals surface area contributed by atoms with Crippen LogP contribution in [-0.2, 0) is 12.5 Å². The summed E-state index contributed by atoms with van der Waals surface area (Å²) in [5, 5.41) is 8.17. The minimum atomic E-state index is 0.00882. The smallest absolute Gasteiger partial charge is 0.224 e. The molecule has 1 rings (SSSR count). The van der Waals surface area contributed by atoms with E-state index >= 15 is 0 Å². The van der Waals surface area contributed by atoms with Crippen LogP contribution in [0.4, 0.5) is 0 Å². The Hall–Kier alpha value is -0.570. The van der Waals surface area contributed by atoms with Gasteiger partial charge in [-0.05, 0) is 11.6 Å². The average molecular weight is 174 g/mol. The first-order chi connectivity index (χ1) is 4.93. The monoisotopic (exact) mass is 173 g/mol. The molecule has 1 aromatic rings. The fourth-order valence-corrected chi connectivity index (χ4v) is 1.08. The van der Waals surface area contributed by atoms with E-state index in [0.29, 0.717) is 5.28 Å². The SMILES string of the molecule is Cn1c(Cl)nnc1C(C)(C)C. The van der Waals surface area contributed by atoms with Crippen molar-refractivity contribution in [2.45, 2.75) is 26.2 Å². The molecule has 0 fully saturated rings. The highest BCUT2D eigenvalue weighted by Gasteiger charge is 2.20. The van der Waals surface area contributed by atoms with Crippen LogP contribution < -0.4 is 0 Å². The minimum Gasteiger partial charge on any atom is -0.304 e. The summed E-state index contributed by atoms with van der Waals surface area (Å²) in [5.41, 5.74) is 0.00882. The summed E-state index contributed by atoms with van der Waals surface area (Å²) < 4.78 is 1.79. The molecule has 0 atom stereocenters. The van der Waals surface area contributed by atoms with Crippen molar-refractivity contribution in [3.8, 4) is 0 Å². The van der Waals surface area contributed by atoms with Crippen LogP contribution in [0.3, 0.4) is 0 Å². The molecule has 0 radical (unpaired) electrons. The second kappa shape index (κ2) is 2.48. The Bertz CT molecular complexity index is 259. The van der Waals surface area contributed by atoms with Crippen LogP contribution >= 0.6 is 11.6 Å². The van der Waals surface area contributed by atoms with E-state index < -0.39 is 0 Å². The third-order valence-electron chi connectivity index (χ3n) is 1.49. The molecule has 0 N–H and O–H groups in total. The lowest BCUT2D eigenvalue weighted by Crippen LogP contribution is -2.17. The van der Waals surface area contributed by atoms with Gasteiger partial charge in [0.05, 0.1) is 0 Å². The molecule has 0 aliphatic carbocycles. The van der Waals surface area contributed by atoms with Crippen LogP contribution in [0.2, 0.25) is 5.28 Å². The molecule has 0 saturated carbocycles. The van der Waals surface area contributed by atoms with E-state index in [-0.39, 0.29) is 5.41 Å². The van der Waals surface area contributed by atoms with Gasteiger partial charge < -0.3 is 4.57 Å². The van der Waals surface area contributed by atoms with Gasteiger partial charge in [0.15, 0.2) is 0 Å². The van der Waals surface area contributed by atoms with E-state index in [1.165, 1.54) is 0 Å². The zero-order valence-electron chi connectivity index (χ0n) is 7.22. The number of aromatic nitrogens is 3. The van der Waals surface area contributed by atoms with Gasteiger partial charge >= 0.3 is 0 Å². The predicted octanol–water partition coefficient (Wildman–Crippen LogP) is 1.77. The first kappa shape index (κ1) is 8.53. The van der Waals surface area contributed by atoms with Gasteiger partial charge in [-0.2, -0.15) is 0 Å². The lowest BCUT2D eigenvalue weighted by molar-refractivity contribution is 0.520. The van der Waals surface area contributed by atoms with Crippen molar-refractivity contribution in [3.05, 3.63) is 11.1 Å². The van der Waals surface area contributed by atoms with Crippen LogP contribution in [0.5, 0.6) is 0 Å². The number of rotatable bonds is 0.